The molecule has 0 fully saturated rings. The highest BCUT2D eigenvalue weighted by Crippen LogP contribution is 2.24. The topological polar surface area (TPSA) is 51.1 Å². The summed E-state index contributed by atoms with van der Waals surface area (Å²) in [5, 5.41) is 3.06. The van der Waals surface area contributed by atoms with E-state index in [-0.39, 0.29) is 11.3 Å². The highest BCUT2D eigenvalue weighted by molar-refractivity contribution is 6.05. The van der Waals surface area contributed by atoms with Crippen LogP contribution in [-0.4, -0.2) is 10.5 Å². The molecule has 0 unspecified atom stereocenters. The highest BCUT2D eigenvalue weighted by Gasteiger charge is 2.23. The lowest BCUT2D eigenvalue weighted by Crippen LogP contribution is -2.30. The lowest BCUT2D eigenvalue weighted by molar-refractivity contribution is 0.102. The van der Waals surface area contributed by atoms with Gasteiger partial charge in [0.25, 0.3) is 5.91 Å². The number of benzene rings is 1. The molecule has 0 bridgehead atoms. The van der Waals surface area contributed by atoms with Crippen molar-refractivity contribution in [2.45, 2.75) is 59.4 Å². The predicted octanol–water partition coefficient (Wildman–Crippen LogP) is 3.87. The molecule has 25 heavy (non-hydrogen) atoms. The molecular weight excluding hydrogens is 312 g/mol. The van der Waals surface area contributed by atoms with Crippen LogP contribution in [0.3, 0.4) is 0 Å². The first-order chi connectivity index (χ1) is 12.1. The lowest BCUT2D eigenvalue weighted by Gasteiger charge is -2.24. The zero-order chi connectivity index (χ0) is 18.0. The second-order valence-corrected chi connectivity index (χ2v) is 6.69. The molecule has 1 amide bonds. The summed E-state index contributed by atoms with van der Waals surface area (Å²) in [7, 11) is 0. The lowest BCUT2D eigenvalue weighted by atomic mass is 9.99. The molecule has 4 heteroatoms. The van der Waals surface area contributed by atoms with E-state index in [1.54, 1.807) is 6.07 Å². The summed E-state index contributed by atoms with van der Waals surface area (Å²) < 4.78 is 2.13. The van der Waals surface area contributed by atoms with Crippen LogP contribution < -0.4 is 10.7 Å². The SMILES string of the molecule is CCc1cccc(CC)c1NC(=O)c1c2n(c(C)cc1=O)CCCC2. The number of amides is 1. The summed E-state index contributed by atoms with van der Waals surface area (Å²) in [6, 6.07) is 7.69. The number of rotatable bonds is 4. The summed E-state index contributed by atoms with van der Waals surface area (Å²) in [6.07, 6.45) is 4.59. The molecule has 3 rings (SSSR count). The van der Waals surface area contributed by atoms with Crippen LogP contribution >= 0.6 is 0 Å². The molecule has 0 saturated carbocycles. The number of carbonyl (C=O) groups excluding carboxylic acids is 1. The van der Waals surface area contributed by atoms with Gasteiger partial charge in [0.2, 0.25) is 0 Å². The Morgan fingerprint density at radius 1 is 1.16 bits per heavy atom. The third kappa shape index (κ3) is 3.26. The van der Waals surface area contributed by atoms with E-state index in [0.717, 1.165) is 66.9 Å². The molecule has 0 spiro atoms. The van der Waals surface area contributed by atoms with Gasteiger partial charge in [-0.15, -0.1) is 0 Å². The van der Waals surface area contributed by atoms with Crippen LogP contribution in [0, 0.1) is 6.92 Å². The number of aromatic nitrogens is 1. The number of pyridine rings is 1. The van der Waals surface area contributed by atoms with E-state index in [1.807, 2.05) is 25.1 Å². The Hall–Kier alpha value is -2.36. The monoisotopic (exact) mass is 338 g/mol. The Balaban J connectivity index is 2.05. The molecule has 0 saturated heterocycles. The molecule has 4 nitrogen and oxygen atoms in total. The van der Waals surface area contributed by atoms with Crippen LogP contribution in [0.2, 0.25) is 0 Å². The third-order valence-corrected chi connectivity index (χ3v) is 5.14. The van der Waals surface area contributed by atoms with Crippen molar-refractivity contribution in [1.29, 1.82) is 0 Å². The number of para-hydroxylation sites is 1. The Kier molecular flexibility index (Phi) is 5.07. The normalized spacial score (nSPS) is 13.4. The molecule has 0 radical (unpaired) electrons. The standard InChI is InChI=1S/C21H26N2O2/c1-4-15-9-8-10-16(5-2)20(15)22-21(25)19-17-11-6-7-12-23(17)14(3)13-18(19)24/h8-10,13H,4-7,11-12H2,1-3H3,(H,22,25). The van der Waals surface area contributed by atoms with E-state index in [4.69, 9.17) is 0 Å². The van der Waals surface area contributed by atoms with Gasteiger partial charge in [0.1, 0.15) is 5.56 Å². The first-order valence-electron chi connectivity index (χ1n) is 9.22. The number of hydrogen-bond donors (Lipinski definition) is 1. The van der Waals surface area contributed by atoms with Gasteiger partial charge in [-0.05, 0) is 50.2 Å². The number of nitrogens with one attached hydrogen (secondary N) is 1. The minimum atomic E-state index is -0.272. The number of nitrogens with zero attached hydrogens (tertiary/aromatic N) is 1. The maximum Gasteiger partial charge on any atom is 0.261 e. The molecule has 2 aromatic rings. The second kappa shape index (κ2) is 7.26. The van der Waals surface area contributed by atoms with Crippen molar-refractivity contribution in [3.8, 4) is 0 Å². The van der Waals surface area contributed by atoms with Gasteiger partial charge in [0.05, 0.1) is 0 Å². The Bertz CT molecular complexity index is 843. The molecule has 1 N–H and O–H groups in total. The highest BCUT2D eigenvalue weighted by atomic mass is 16.2. The van der Waals surface area contributed by atoms with Gasteiger partial charge in [0, 0.05) is 29.7 Å². The molecule has 0 aliphatic carbocycles. The number of fused-ring (bicyclic) bond motifs is 1. The summed E-state index contributed by atoms with van der Waals surface area (Å²) >= 11 is 0. The zero-order valence-corrected chi connectivity index (χ0v) is 15.3. The van der Waals surface area contributed by atoms with Gasteiger partial charge < -0.3 is 9.88 Å². The van der Waals surface area contributed by atoms with Gasteiger partial charge >= 0.3 is 0 Å². The molecule has 1 aromatic heterocycles. The fourth-order valence-electron chi connectivity index (χ4n) is 3.79. The number of aryl methyl sites for hydroxylation is 3. The first-order valence-corrected chi connectivity index (χ1v) is 9.22. The largest absolute Gasteiger partial charge is 0.348 e. The number of anilines is 1. The van der Waals surface area contributed by atoms with Crippen molar-refractivity contribution in [3.05, 3.63) is 62.6 Å². The van der Waals surface area contributed by atoms with Gasteiger partial charge in [-0.3, -0.25) is 9.59 Å². The first kappa shape index (κ1) is 17.5. The Morgan fingerprint density at radius 3 is 2.48 bits per heavy atom. The van der Waals surface area contributed by atoms with Crippen LogP contribution in [0.5, 0.6) is 0 Å². The van der Waals surface area contributed by atoms with Crippen LogP contribution in [0.15, 0.2) is 29.1 Å². The van der Waals surface area contributed by atoms with Crippen molar-refractivity contribution >= 4 is 11.6 Å². The van der Waals surface area contributed by atoms with Crippen LogP contribution in [0.4, 0.5) is 5.69 Å². The summed E-state index contributed by atoms with van der Waals surface area (Å²) in [5.41, 5.74) is 5.06. The van der Waals surface area contributed by atoms with Crippen molar-refractivity contribution in [3.63, 3.8) is 0 Å². The Labute approximate surface area is 148 Å². The zero-order valence-electron chi connectivity index (χ0n) is 15.3. The van der Waals surface area contributed by atoms with Gasteiger partial charge in [-0.2, -0.15) is 0 Å². The van der Waals surface area contributed by atoms with Crippen LogP contribution in [0.1, 0.15) is 59.6 Å². The molecule has 2 heterocycles. The minimum Gasteiger partial charge on any atom is -0.348 e. The van der Waals surface area contributed by atoms with Crippen LogP contribution in [-0.2, 0) is 25.8 Å². The number of hydrogen-bond acceptors (Lipinski definition) is 2. The molecule has 132 valence electrons. The van der Waals surface area contributed by atoms with Crippen LogP contribution in [0.25, 0.3) is 0 Å². The predicted molar refractivity (Wildman–Crippen MR) is 102 cm³/mol. The molecule has 1 aromatic carbocycles. The van der Waals surface area contributed by atoms with Crippen molar-refractivity contribution in [1.82, 2.24) is 4.57 Å². The van der Waals surface area contributed by atoms with E-state index in [1.165, 1.54) is 0 Å². The van der Waals surface area contributed by atoms with E-state index < -0.39 is 0 Å². The van der Waals surface area contributed by atoms with Crippen molar-refractivity contribution in [2.75, 3.05) is 5.32 Å². The fourth-order valence-corrected chi connectivity index (χ4v) is 3.79. The second-order valence-electron chi connectivity index (χ2n) is 6.69. The van der Waals surface area contributed by atoms with Gasteiger partial charge in [-0.1, -0.05) is 32.0 Å². The summed E-state index contributed by atoms with van der Waals surface area (Å²) in [5.74, 6) is -0.272. The van der Waals surface area contributed by atoms with E-state index in [9.17, 15) is 9.59 Å². The van der Waals surface area contributed by atoms with E-state index >= 15 is 0 Å². The minimum absolute atomic E-state index is 0.171. The third-order valence-electron chi connectivity index (χ3n) is 5.14. The van der Waals surface area contributed by atoms with E-state index in [0.29, 0.717) is 5.56 Å². The summed E-state index contributed by atoms with van der Waals surface area (Å²) in [6.45, 7) is 6.98. The average molecular weight is 338 g/mol. The maximum absolute atomic E-state index is 13.0. The van der Waals surface area contributed by atoms with Crippen molar-refractivity contribution in [2.24, 2.45) is 0 Å². The summed E-state index contributed by atoms with van der Waals surface area (Å²) in [4.78, 5) is 25.6. The molecule has 1 aliphatic rings. The molecular formula is C21H26N2O2. The smallest absolute Gasteiger partial charge is 0.261 e. The van der Waals surface area contributed by atoms with E-state index in [2.05, 4.69) is 23.7 Å². The molecule has 0 atom stereocenters. The number of carbonyl (C=O) groups is 1. The quantitative estimate of drug-likeness (QED) is 0.920. The average Bonchev–Trinajstić information content (AvgIpc) is 2.62. The van der Waals surface area contributed by atoms with Crippen molar-refractivity contribution < 1.29 is 4.79 Å². The van der Waals surface area contributed by atoms with Gasteiger partial charge in [0.15, 0.2) is 5.43 Å². The maximum atomic E-state index is 13.0. The fraction of sp³-hybridized carbons (Fsp3) is 0.429. The molecule has 1 aliphatic heterocycles. The van der Waals surface area contributed by atoms with Gasteiger partial charge in [-0.25, -0.2) is 0 Å². The Morgan fingerprint density at radius 2 is 1.84 bits per heavy atom.